The summed E-state index contributed by atoms with van der Waals surface area (Å²) in [6.07, 6.45) is -4.74. The van der Waals surface area contributed by atoms with Crippen LogP contribution in [0.1, 0.15) is 38.8 Å². The Morgan fingerprint density at radius 1 is 1.09 bits per heavy atom. The van der Waals surface area contributed by atoms with Crippen LogP contribution in [0.4, 0.5) is 23.2 Å². The van der Waals surface area contributed by atoms with Crippen molar-refractivity contribution in [3.05, 3.63) is 23.0 Å². The smallest absolute Gasteiger partial charge is 0.399 e. The van der Waals surface area contributed by atoms with Crippen molar-refractivity contribution in [3.8, 4) is 0 Å². The molecule has 1 aromatic rings. The monoisotopic (exact) mass is 319 g/mol. The van der Waals surface area contributed by atoms with E-state index in [1.807, 2.05) is 0 Å². The molecule has 1 fully saturated rings. The minimum absolute atomic E-state index is 0.170. The van der Waals surface area contributed by atoms with Gasteiger partial charge in [-0.05, 0) is 46.2 Å². The van der Waals surface area contributed by atoms with E-state index < -0.39 is 41.3 Å². The standard InChI is InChI=1S/C14H18BF4NO2/c1-7-6-8(20)11(16)10(9(7)14(17,18)19)15-21-12(2,3)13(4,5)22-15/h6H,20H2,1-5H3. The van der Waals surface area contributed by atoms with Crippen molar-refractivity contribution in [1.82, 2.24) is 0 Å². The van der Waals surface area contributed by atoms with E-state index in [0.717, 1.165) is 6.07 Å². The summed E-state index contributed by atoms with van der Waals surface area (Å²) in [5, 5.41) is 0. The quantitative estimate of drug-likeness (QED) is 0.492. The molecule has 0 atom stereocenters. The molecular weight excluding hydrogens is 301 g/mol. The molecule has 1 aliphatic rings. The number of aryl methyl sites for hydroxylation is 1. The average Bonchev–Trinajstić information content (AvgIpc) is 2.50. The van der Waals surface area contributed by atoms with Gasteiger partial charge in [0.25, 0.3) is 0 Å². The van der Waals surface area contributed by atoms with Crippen molar-refractivity contribution in [1.29, 1.82) is 0 Å². The first-order chi connectivity index (χ1) is 9.78. The second-order valence-corrected chi connectivity index (χ2v) is 6.47. The molecule has 3 nitrogen and oxygen atoms in total. The number of nitrogens with two attached hydrogens (primary N) is 1. The van der Waals surface area contributed by atoms with Gasteiger partial charge in [-0.15, -0.1) is 0 Å². The van der Waals surface area contributed by atoms with Gasteiger partial charge in [-0.2, -0.15) is 13.2 Å². The summed E-state index contributed by atoms with van der Waals surface area (Å²) in [6.45, 7) is 7.94. The molecule has 0 unspecified atom stereocenters. The predicted molar refractivity (Wildman–Crippen MR) is 76.3 cm³/mol. The molecule has 1 aliphatic heterocycles. The highest BCUT2D eigenvalue weighted by molar-refractivity contribution is 6.63. The number of hydrogen-bond donors (Lipinski definition) is 1. The van der Waals surface area contributed by atoms with Crippen LogP contribution in [-0.2, 0) is 15.5 Å². The molecule has 8 heteroatoms. The summed E-state index contributed by atoms with van der Waals surface area (Å²) >= 11 is 0. The van der Waals surface area contributed by atoms with Crippen molar-refractivity contribution in [2.75, 3.05) is 5.73 Å². The molecular formula is C14H18BF4NO2. The van der Waals surface area contributed by atoms with Crippen molar-refractivity contribution < 1.29 is 26.9 Å². The molecule has 122 valence electrons. The number of nitrogen functional groups attached to an aromatic ring is 1. The molecule has 0 bridgehead atoms. The normalized spacial score (nSPS) is 20.5. The fourth-order valence-corrected chi connectivity index (χ4v) is 2.40. The van der Waals surface area contributed by atoms with E-state index in [1.54, 1.807) is 27.7 Å². The van der Waals surface area contributed by atoms with Crippen LogP contribution in [0, 0.1) is 12.7 Å². The number of anilines is 1. The lowest BCUT2D eigenvalue weighted by atomic mass is 9.73. The van der Waals surface area contributed by atoms with E-state index in [2.05, 4.69) is 0 Å². The van der Waals surface area contributed by atoms with Crippen LogP contribution in [0.3, 0.4) is 0 Å². The lowest BCUT2D eigenvalue weighted by Crippen LogP contribution is -2.42. The summed E-state index contributed by atoms with van der Waals surface area (Å²) in [7, 11) is -1.47. The largest absolute Gasteiger partial charge is 0.498 e. The Kier molecular flexibility index (Phi) is 3.77. The molecule has 2 rings (SSSR count). The summed E-state index contributed by atoms with van der Waals surface area (Å²) in [5.74, 6) is -1.16. The van der Waals surface area contributed by atoms with Gasteiger partial charge in [0.2, 0.25) is 0 Å². The summed E-state index contributed by atoms with van der Waals surface area (Å²) in [5.41, 5.74) is 1.39. The third-order valence-corrected chi connectivity index (χ3v) is 4.30. The number of alkyl halides is 3. The van der Waals surface area contributed by atoms with Gasteiger partial charge in [0.15, 0.2) is 0 Å². The van der Waals surface area contributed by atoms with E-state index >= 15 is 0 Å². The van der Waals surface area contributed by atoms with E-state index in [0.29, 0.717) is 0 Å². The number of halogens is 4. The summed E-state index contributed by atoms with van der Waals surface area (Å²) < 4.78 is 65.5. The molecule has 1 heterocycles. The second-order valence-electron chi connectivity index (χ2n) is 6.47. The molecule has 2 N–H and O–H groups in total. The molecule has 0 aliphatic carbocycles. The Bertz CT molecular complexity index is 598. The molecule has 22 heavy (non-hydrogen) atoms. The Hall–Kier alpha value is -1.28. The predicted octanol–water partition coefficient (Wildman–Crippen LogP) is 3.03. The van der Waals surface area contributed by atoms with Gasteiger partial charge in [0.1, 0.15) is 5.82 Å². The first-order valence-corrected chi connectivity index (χ1v) is 6.79. The molecule has 0 aromatic heterocycles. The third kappa shape index (κ3) is 2.58. The van der Waals surface area contributed by atoms with Crippen LogP contribution in [0.25, 0.3) is 0 Å². The van der Waals surface area contributed by atoms with Crippen LogP contribution in [0.2, 0.25) is 0 Å². The fourth-order valence-electron chi connectivity index (χ4n) is 2.40. The Balaban J connectivity index is 2.66. The lowest BCUT2D eigenvalue weighted by Gasteiger charge is -2.32. The Morgan fingerprint density at radius 3 is 1.95 bits per heavy atom. The fraction of sp³-hybridized carbons (Fsp3) is 0.571. The SMILES string of the molecule is Cc1cc(N)c(F)c(B2OC(C)(C)C(C)(C)O2)c1C(F)(F)F. The number of hydrogen-bond acceptors (Lipinski definition) is 3. The average molecular weight is 319 g/mol. The van der Waals surface area contributed by atoms with Gasteiger partial charge >= 0.3 is 13.3 Å². The van der Waals surface area contributed by atoms with Crippen molar-refractivity contribution in [3.63, 3.8) is 0 Å². The highest BCUT2D eigenvalue weighted by Gasteiger charge is 2.55. The topological polar surface area (TPSA) is 44.5 Å². The maximum Gasteiger partial charge on any atom is 0.498 e. The third-order valence-electron chi connectivity index (χ3n) is 4.30. The zero-order chi connectivity index (χ0) is 17.1. The Morgan fingerprint density at radius 2 is 1.55 bits per heavy atom. The van der Waals surface area contributed by atoms with Crippen molar-refractivity contribution in [2.24, 2.45) is 0 Å². The van der Waals surface area contributed by atoms with Gasteiger partial charge in [0.05, 0.1) is 22.5 Å². The van der Waals surface area contributed by atoms with Crippen LogP contribution < -0.4 is 11.2 Å². The minimum Gasteiger partial charge on any atom is -0.399 e. The van der Waals surface area contributed by atoms with E-state index in [1.165, 1.54) is 6.92 Å². The maximum absolute atomic E-state index is 14.3. The molecule has 0 spiro atoms. The zero-order valence-electron chi connectivity index (χ0n) is 13.1. The number of rotatable bonds is 1. The van der Waals surface area contributed by atoms with E-state index in [4.69, 9.17) is 15.0 Å². The van der Waals surface area contributed by atoms with Crippen LogP contribution in [0.5, 0.6) is 0 Å². The highest BCUT2D eigenvalue weighted by atomic mass is 19.4. The first-order valence-electron chi connectivity index (χ1n) is 6.79. The number of benzene rings is 1. The molecule has 0 saturated carbocycles. The molecule has 1 aromatic carbocycles. The van der Waals surface area contributed by atoms with Gasteiger partial charge in [-0.1, -0.05) is 0 Å². The Labute approximate surface area is 126 Å². The van der Waals surface area contributed by atoms with Crippen LogP contribution in [0.15, 0.2) is 6.07 Å². The van der Waals surface area contributed by atoms with Gasteiger partial charge < -0.3 is 15.0 Å². The van der Waals surface area contributed by atoms with Crippen molar-refractivity contribution >= 4 is 18.3 Å². The maximum atomic E-state index is 14.3. The van der Waals surface area contributed by atoms with Crippen LogP contribution in [-0.4, -0.2) is 18.3 Å². The van der Waals surface area contributed by atoms with Gasteiger partial charge in [-0.25, -0.2) is 4.39 Å². The summed E-state index contributed by atoms with van der Waals surface area (Å²) in [6, 6.07) is 0.965. The highest BCUT2D eigenvalue weighted by Crippen LogP contribution is 2.39. The van der Waals surface area contributed by atoms with Crippen LogP contribution >= 0.6 is 0 Å². The second kappa shape index (κ2) is 4.86. The van der Waals surface area contributed by atoms with E-state index in [9.17, 15) is 17.6 Å². The van der Waals surface area contributed by atoms with Gasteiger partial charge in [0, 0.05) is 5.46 Å². The zero-order valence-corrected chi connectivity index (χ0v) is 13.1. The minimum atomic E-state index is -4.74. The lowest BCUT2D eigenvalue weighted by molar-refractivity contribution is -0.137. The first kappa shape index (κ1) is 17.1. The molecule has 1 saturated heterocycles. The molecule has 0 radical (unpaired) electrons. The van der Waals surface area contributed by atoms with Gasteiger partial charge in [-0.3, -0.25) is 0 Å². The summed E-state index contributed by atoms with van der Waals surface area (Å²) in [4.78, 5) is 0. The molecule has 0 amide bonds. The van der Waals surface area contributed by atoms with Crippen molar-refractivity contribution in [2.45, 2.75) is 52.0 Å². The van der Waals surface area contributed by atoms with E-state index in [-0.39, 0.29) is 11.3 Å².